The molecule has 2 atom stereocenters. The van der Waals surface area contributed by atoms with E-state index in [-0.39, 0.29) is 18.5 Å². The summed E-state index contributed by atoms with van der Waals surface area (Å²) in [6.07, 6.45) is 90.9. The summed E-state index contributed by atoms with van der Waals surface area (Å²) >= 11 is 0. The number of esters is 1. The van der Waals surface area contributed by atoms with Crippen LogP contribution in [0.4, 0.5) is 0 Å². The molecule has 0 aromatic rings. The van der Waals surface area contributed by atoms with Crippen molar-refractivity contribution in [3.05, 3.63) is 36.5 Å². The van der Waals surface area contributed by atoms with Crippen molar-refractivity contribution in [1.82, 2.24) is 5.32 Å². The fourth-order valence-electron chi connectivity index (χ4n) is 11.6. The maximum absolute atomic E-state index is 12.5. The number of hydrogen-bond acceptors (Lipinski definition) is 5. The van der Waals surface area contributed by atoms with Gasteiger partial charge in [0.05, 0.1) is 25.4 Å². The van der Waals surface area contributed by atoms with E-state index in [0.717, 1.165) is 51.4 Å². The van der Waals surface area contributed by atoms with Crippen LogP contribution >= 0.6 is 0 Å². The molecule has 81 heavy (non-hydrogen) atoms. The minimum Gasteiger partial charge on any atom is -0.466 e. The second kappa shape index (κ2) is 70.6. The molecule has 2 unspecified atom stereocenters. The highest BCUT2D eigenvalue weighted by Gasteiger charge is 2.18. The Bertz CT molecular complexity index is 1310. The van der Waals surface area contributed by atoms with Crippen LogP contribution in [0, 0.1) is 0 Å². The molecule has 6 nitrogen and oxygen atoms in total. The van der Waals surface area contributed by atoms with Gasteiger partial charge in [-0.2, -0.15) is 0 Å². The Balaban J connectivity index is 3.40. The van der Waals surface area contributed by atoms with Crippen molar-refractivity contribution in [1.29, 1.82) is 0 Å². The lowest BCUT2D eigenvalue weighted by Crippen LogP contribution is -2.45. The summed E-state index contributed by atoms with van der Waals surface area (Å²) < 4.78 is 5.49. The summed E-state index contributed by atoms with van der Waals surface area (Å²) in [6.45, 7) is 4.91. The van der Waals surface area contributed by atoms with Gasteiger partial charge in [-0.3, -0.25) is 9.59 Å². The normalized spacial score (nSPS) is 12.7. The van der Waals surface area contributed by atoms with Gasteiger partial charge < -0.3 is 20.3 Å². The number of amides is 1. The Morgan fingerprint density at radius 1 is 0.346 bits per heavy atom. The van der Waals surface area contributed by atoms with Gasteiger partial charge in [0.15, 0.2) is 0 Å². The third kappa shape index (κ3) is 67.1. The van der Waals surface area contributed by atoms with Crippen molar-refractivity contribution in [3.63, 3.8) is 0 Å². The molecular formula is C75H143NO5. The predicted octanol–water partition coefficient (Wildman–Crippen LogP) is 23.9. The molecule has 0 spiro atoms. The van der Waals surface area contributed by atoms with Crippen molar-refractivity contribution < 1.29 is 24.5 Å². The van der Waals surface area contributed by atoms with Gasteiger partial charge in [-0.1, -0.05) is 365 Å². The summed E-state index contributed by atoms with van der Waals surface area (Å²) in [5.41, 5.74) is 0. The molecular weight excluding hydrogens is 995 g/mol. The zero-order valence-electron chi connectivity index (χ0n) is 54.8. The van der Waals surface area contributed by atoms with Crippen molar-refractivity contribution in [2.75, 3.05) is 13.2 Å². The summed E-state index contributed by atoms with van der Waals surface area (Å²) in [7, 11) is 0. The summed E-state index contributed by atoms with van der Waals surface area (Å²) in [5.74, 6) is -0.0609. The zero-order valence-corrected chi connectivity index (χ0v) is 54.8. The van der Waals surface area contributed by atoms with Crippen LogP contribution in [-0.4, -0.2) is 47.4 Å². The molecule has 0 aliphatic rings. The average Bonchev–Trinajstić information content (AvgIpc) is 3.47. The molecule has 0 saturated heterocycles. The maximum atomic E-state index is 12.5. The van der Waals surface area contributed by atoms with Gasteiger partial charge in [0.25, 0.3) is 0 Å². The van der Waals surface area contributed by atoms with Crippen LogP contribution in [0.5, 0.6) is 0 Å². The average molecular weight is 1140 g/mol. The van der Waals surface area contributed by atoms with Crippen LogP contribution < -0.4 is 5.32 Å². The molecule has 3 N–H and O–H groups in total. The van der Waals surface area contributed by atoms with Gasteiger partial charge in [-0.05, 0) is 64.2 Å². The van der Waals surface area contributed by atoms with Gasteiger partial charge in [-0.15, -0.1) is 0 Å². The molecule has 0 rings (SSSR count). The van der Waals surface area contributed by atoms with Crippen LogP contribution in [-0.2, 0) is 14.3 Å². The smallest absolute Gasteiger partial charge is 0.305 e. The SMILES string of the molecule is CCCCC/C=C\C/C=C\CCCCCCCC(=O)OCCCCCCCCCCCCCCCCCCCCCCCCCCC(=O)NC(CO)C(O)/C=C/CCCCCCCCCCCCCCCCCCCCCCCCC. The monoisotopic (exact) mass is 1140 g/mol. The number of carbonyl (C=O) groups excluding carboxylic acids is 2. The zero-order chi connectivity index (χ0) is 58.5. The molecule has 478 valence electrons. The number of hydrogen-bond donors (Lipinski definition) is 3. The van der Waals surface area contributed by atoms with Crippen LogP contribution in [0.2, 0.25) is 0 Å². The van der Waals surface area contributed by atoms with E-state index in [0.29, 0.717) is 19.4 Å². The van der Waals surface area contributed by atoms with E-state index < -0.39 is 12.1 Å². The summed E-state index contributed by atoms with van der Waals surface area (Å²) in [6, 6.07) is -0.629. The number of aliphatic hydroxyl groups is 2. The summed E-state index contributed by atoms with van der Waals surface area (Å²) in [4.78, 5) is 24.6. The largest absolute Gasteiger partial charge is 0.466 e. The van der Waals surface area contributed by atoms with Crippen molar-refractivity contribution >= 4 is 11.9 Å². The first kappa shape index (κ1) is 79.1. The predicted molar refractivity (Wildman–Crippen MR) is 356 cm³/mol. The second-order valence-corrected chi connectivity index (χ2v) is 25.3. The number of aliphatic hydroxyl groups excluding tert-OH is 2. The third-order valence-electron chi connectivity index (χ3n) is 17.2. The number of rotatable bonds is 69. The van der Waals surface area contributed by atoms with Crippen LogP contribution in [0.1, 0.15) is 406 Å². The van der Waals surface area contributed by atoms with Gasteiger partial charge in [0.2, 0.25) is 5.91 Å². The fourth-order valence-corrected chi connectivity index (χ4v) is 11.6. The Morgan fingerprint density at radius 3 is 0.963 bits per heavy atom. The number of ether oxygens (including phenoxy) is 1. The summed E-state index contributed by atoms with van der Waals surface area (Å²) in [5, 5.41) is 23.3. The van der Waals surface area contributed by atoms with E-state index in [2.05, 4.69) is 43.5 Å². The van der Waals surface area contributed by atoms with E-state index in [1.807, 2.05) is 6.08 Å². The van der Waals surface area contributed by atoms with Gasteiger partial charge in [0.1, 0.15) is 0 Å². The Hall–Kier alpha value is -1.92. The molecule has 0 saturated carbocycles. The lowest BCUT2D eigenvalue weighted by Gasteiger charge is -2.20. The number of carbonyl (C=O) groups is 2. The highest BCUT2D eigenvalue weighted by molar-refractivity contribution is 5.76. The van der Waals surface area contributed by atoms with E-state index in [1.165, 1.54) is 327 Å². The van der Waals surface area contributed by atoms with Crippen LogP contribution in [0.15, 0.2) is 36.5 Å². The highest BCUT2D eigenvalue weighted by atomic mass is 16.5. The Kier molecular flexibility index (Phi) is 68.9. The van der Waals surface area contributed by atoms with Gasteiger partial charge >= 0.3 is 5.97 Å². The first-order valence-corrected chi connectivity index (χ1v) is 36.8. The minimum absolute atomic E-state index is 0.00163. The van der Waals surface area contributed by atoms with Gasteiger partial charge in [-0.25, -0.2) is 0 Å². The van der Waals surface area contributed by atoms with Crippen molar-refractivity contribution in [2.45, 2.75) is 418 Å². The fraction of sp³-hybridized carbons (Fsp3) is 0.893. The van der Waals surface area contributed by atoms with E-state index in [1.54, 1.807) is 6.08 Å². The molecule has 0 aromatic heterocycles. The molecule has 0 aromatic carbocycles. The molecule has 0 fully saturated rings. The Morgan fingerprint density at radius 2 is 0.617 bits per heavy atom. The van der Waals surface area contributed by atoms with Crippen molar-refractivity contribution in [2.24, 2.45) is 0 Å². The Labute approximate surface area is 506 Å². The van der Waals surface area contributed by atoms with Crippen LogP contribution in [0.3, 0.4) is 0 Å². The quantitative estimate of drug-likeness (QED) is 0.0320. The first-order valence-electron chi connectivity index (χ1n) is 36.8. The maximum Gasteiger partial charge on any atom is 0.305 e. The standard InChI is InChI=1S/C75H143NO5/c1-3-5-7-9-11-13-15-17-19-20-21-22-23-24-27-30-33-36-40-43-47-51-55-59-63-67-73(78)72(71-77)76-74(79)68-64-60-56-52-48-44-41-37-34-31-28-25-26-29-32-35-38-42-46-50-54-58-62-66-70-81-75(80)69-65-61-57-53-49-45-39-18-16-14-12-10-8-6-4-2/h12,14,18,39,63,67,72-73,77-78H,3-11,13,15-17,19-38,40-62,64-66,68-71H2,1-2H3,(H,76,79)/b14-12-,39-18-,67-63+. The molecule has 0 heterocycles. The van der Waals surface area contributed by atoms with E-state index in [9.17, 15) is 19.8 Å². The molecule has 6 heteroatoms. The molecule has 0 aliphatic carbocycles. The topological polar surface area (TPSA) is 95.9 Å². The lowest BCUT2D eigenvalue weighted by atomic mass is 10.0. The molecule has 0 radical (unpaired) electrons. The van der Waals surface area contributed by atoms with E-state index >= 15 is 0 Å². The number of unbranched alkanes of at least 4 members (excludes halogenated alkanes) is 54. The minimum atomic E-state index is -0.846. The molecule has 1 amide bonds. The van der Waals surface area contributed by atoms with Crippen molar-refractivity contribution in [3.8, 4) is 0 Å². The highest BCUT2D eigenvalue weighted by Crippen LogP contribution is 2.19. The van der Waals surface area contributed by atoms with E-state index in [4.69, 9.17) is 4.74 Å². The van der Waals surface area contributed by atoms with Gasteiger partial charge in [0, 0.05) is 12.8 Å². The number of nitrogens with one attached hydrogen (secondary N) is 1. The molecule has 0 bridgehead atoms. The number of allylic oxidation sites excluding steroid dienone is 5. The first-order chi connectivity index (χ1) is 40.0. The van der Waals surface area contributed by atoms with Crippen LogP contribution in [0.25, 0.3) is 0 Å². The molecule has 0 aliphatic heterocycles. The third-order valence-corrected chi connectivity index (χ3v) is 17.2. The lowest BCUT2D eigenvalue weighted by molar-refractivity contribution is -0.143. The second-order valence-electron chi connectivity index (χ2n) is 25.3.